The lowest BCUT2D eigenvalue weighted by Gasteiger charge is -2.34. The van der Waals surface area contributed by atoms with Crippen molar-refractivity contribution in [1.29, 1.82) is 0 Å². The molecule has 0 aliphatic heterocycles. The molecule has 0 amide bonds. The van der Waals surface area contributed by atoms with Crippen molar-refractivity contribution in [3.8, 4) is 34.4 Å². The molecule has 0 saturated heterocycles. The second kappa shape index (κ2) is 25.8. The van der Waals surface area contributed by atoms with Crippen molar-refractivity contribution in [2.75, 3.05) is 0 Å². The van der Waals surface area contributed by atoms with Crippen LogP contribution < -0.4 is 62.2 Å². The lowest BCUT2D eigenvalue weighted by molar-refractivity contribution is 0.955. The summed E-state index contributed by atoms with van der Waals surface area (Å²) in [5.74, 6) is 1.67. The van der Waals surface area contributed by atoms with E-state index in [1.165, 1.54) is 62.2 Å². The Bertz CT molecular complexity index is 5470. The highest BCUT2D eigenvalue weighted by molar-refractivity contribution is 7.21. The van der Waals surface area contributed by atoms with Gasteiger partial charge in [-0.3, -0.25) is 4.57 Å². The summed E-state index contributed by atoms with van der Waals surface area (Å²) >= 11 is 0. The minimum atomic E-state index is -3.03. The minimum Gasteiger partial charge on any atom is -0.309 e. The summed E-state index contributed by atoms with van der Waals surface area (Å²) in [5.41, 5.74) is 7.07. The van der Waals surface area contributed by atoms with Crippen molar-refractivity contribution in [3.63, 3.8) is 0 Å². The Morgan fingerprint density at radius 3 is 0.851 bits per heavy atom. The Labute approximate surface area is 591 Å². The van der Waals surface area contributed by atoms with Crippen molar-refractivity contribution in [3.05, 3.63) is 406 Å². The minimum absolute atomic E-state index is 0.524. The predicted molar refractivity (Wildman–Crippen MR) is 430 cm³/mol. The van der Waals surface area contributed by atoms with E-state index in [0.29, 0.717) is 17.6 Å². The SMILES string of the molecule is c1ccc(-n2c3ccccc3c3c2ccc2c4cc([Si](c5ccccc5)(c5ccccc5)c5ccccc5)ccc4n(-c4nc(-c5ccc([Si](c6ccccc6)(c6ccccc6)c6ccccc6)cc5)nc(-c5ccc([Si](c6ccccc6)(c6ccccc6)c6ccccc6)cc5)n4)c23)cc1. The van der Waals surface area contributed by atoms with Crippen molar-refractivity contribution in [2.24, 2.45) is 0 Å². The van der Waals surface area contributed by atoms with E-state index in [0.717, 1.165) is 60.4 Å². The van der Waals surface area contributed by atoms with E-state index in [9.17, 15) is 0 Å². The molecule has 3 heterocycles. The maximum absolute atomic E-state index is 5.84. The lowest BCUT2D eigenvalue weighted by atomic mass is 10.1. The third-order valence-corrected chi connectivity index (χ3v) is 35.2. The largest absolute Gasteiger partial charge is 0.309 e. The highest BCUT2D eigenvalue weighted by atomic mass is 28.3. The van der Waals surface area contributed by atoms with Crippen LogP contribution in [-0.4, -0.2) is 48.3 Å². The van der Waals surface area contributed by atoms with E-state index in [1.807, 2.05) is 0 Å². The second-order valence-corrected chi connectivity index (χ2v) is 37.5. The summed E-state index contributed by atoms with van der Waals surface area (Å²) in [7, 11) is -8.85. The molecular formula is C93H67N5Si3. The first-order valence-corrected chi connectivity index (χ1v) is 40.7. The Morgan fingerprint density at radius 1 is 0.198 bits per heavy atom. The molecule has 3 aromatic heterocycles. The van der Waals surface area contributed by atoms with Gasteiger partial charge in [-0.25, -0.2) is 4.98 Å². The van der Waals surface area contributed by atoms with Crippen molar-refractivity contribution < 1.29 is 0 Å². The average Bonchev–Trinajstić information content (AvgIpc) is 1.70. The van der Waals surface area contributed by atoms with Crippen molar-refractivity contribution in [1.82, 2.24) is 24.1 Å². The first-order chi connectivity index (χ1) is 50.1. The van der Waals surface area contributed by atoms with Gasteiger partial charge in [0.05, 0.1) is 22.1 Å². The topological polar surface area (TPSA) is 48.5 Å². The number of hydrogen-bond donors (Lipinski definition) is 0. The summed E-state index contributed by atoms with van der Waals surface area (Å²) in [6.07, 6.45) is 0. The van der Waals surface area contributed by atoms with Gasteiger partial charge in [0, 0.05) is 38.4 Å². The zero-order chi connectivity index (χ0) is 67.2. The van der Waals surface area contributed by atoms with Gasteiger partial charge in [0.15, 0.2) is 35.9 Å². The molecule has 5 nitrogen and oxygen atoms in total. The van der Waals surface area contributed by atoms with Crippen LogP contribution >= 0.6 is 0 Å². The first kappa shape index (κ1) is 60.9. The average molecular weight is 1340 g/mol. The van der Waals surface area contributed by atoms with Gasteiger partial charge in [0.25, 0.3) is 0 Å². The third-order valence-electron chi connectivity index (χ3n) is 20.8. The molecule has 0 aliphatic carbocycles. The molecule has 476 valence electrons. The van der Waals surface area contributed by atoms with Crippen LogP contribution in [0, 0.1) is 0 Å². The molecule has 0 bridgehead atoms. The van der Waals surface area contributed by atoms with Crippen LogP contribution in [0.5, 0.6) is 0 Å². The van der Waals surface area contributed by atoms with Gasteiger partial charge in [-0.05, 0) is 92.6 Å². The predicted octanol–water partition coefficient (Wildman–Crippen LogP) is 13.5. The summed E-state index contributed by atoms with van der Waals surface area (Å²) in [6, 6.07) is 150. The normalized spacial score (nSPS) is 12.0. The number of nitrogens with zero attached hydrogens (tertiary/aromatic N) is 5. The Balaban J connectivity index is 0.926. The van der Waals surface area contributed by atoms with Crippen LogP contribution in [0.4, 0.5) is 0 Å². The fraction of sp³-hybridized carbons (Fsp3) is 0. The molecule has 18 aromatic rings. The number of benzene rings is 15. The summed E-state index contributed by atoms with van der Waals surface area (Å²) < 4.78 is 4.78. The van der Waals surface area contributed by atoms with Crippen LogP contribution in [0.25, 0.3) is 78.0 Å². The zero-order valence-electron chi connectivity index (χ0n) is 55.4. The van der Waals surface area contributed by atoms with Gasteiger partial charge in [-0.2, -0.15) is 9.97 Å². The maximum atomic E-state index is 5.84. The van der Waals surface area contributed by atoms with Gasteiger partial charge in [0.2, 0.25) is 5.95 Å². The van der Waals surface area contributed by atoms with Gasteiger partial charge in [0.1, 0.15) is 0 Å². The number of fused-ring (bicyclic) bond motifs is 7. The summed E-state index contributed by atoms with van der Waals surface area (Å²) in [6.45, 7) is 0. The van der Waals surface area contributed by atoms with E-state index in [-0.39, 0.29) is 0 Å². The van der Waals surface area contributed by atoms with Crippen LogP contribution in [0.2, 0.25) is 0 Å². The molecule has 101 heavy (non-hydrogen) atoms. The number of aromatic nitrogens is 5. The van der Waals surface area contributed by atoms with Gasteiger partial charge < -0.3 is 4.57 Å². The van der Waals surface area contributed by atoms with Gasteiger partial charge >= 0.3 is 0 Å². The molecule has 8 heteroatoms. The zero-order valence-corrected chi connectivity index (χ0v) is 58.4. The molecule has 0 radical (unpaired) electrons. The van der Waals surface area contributed by atoms with Gasteiger partial charge in [-0.1, -0.05) is 376 Å². The first-order valence-electron chi connectivity index (χ1n) is 34.7. The standard InChI is InChI=1S/C93H67N5Si3/c1-11-33-70(34-12-1)97-86-54-32-31-53-84(86)89-88(97)66-64-83-85-67-82(101(77-47-25-8-26-48-77,78-49-27-9-28-50-78)79-51-29-10-30-52-79)63-65-87(85)98(90(83)89)93-95-91(68-55-59-80(60-56-68)99(71-35-13-2-14-36-71,72-37-15-3-16-38-72)73-39-17-4-18-40-73)94-92(96-93)69-57-61-81(62-58-69)100(74-41-19-5-20-42-74,75-43-21-6-22-44-75)76-45-23-7-24-46-76/h1-67H. The van der Waals surface area contributed by atoms with E-state index >= 15 is 0 Å². The second-order valence-electron chi connectivity index (χ2n) is 26.1. The molecular weight excluding hydrogens is 1270 g/mol. The number of rotatable bonds is 16. The van der Waals surface area contributed by atoms with Crippen LogP contribution in [-0.2, 0) is 0 Å². The highest BCUT2D eigenvalue weighted by Crippen LogP contribution is 2.42. The Kier molecular flexibility index (Phi) is 15.5. The Hall–Kier alpha value is -12.4. The summed E-state index contributed by atoms with van der Waals surface area (Å²) in [4.78, 5) is 17.3. The number of hydrogen-bond acceptors (Lipinski definition) is 3. The molecule has 0 unspecified atom stereocenters. The quantitative estimate of drug-likeness (QED) is 0.0715. The fourth-order valence-corrected chi connectivity index (χ4v) is 30.8. The van der Waals surface area contributed by atoms with Crippen molar-refractivity contribution in [2.45, 2.75) is 0 Å². The monoisotopic (exact) mass is 1340 g/mol. The molecule has 0 aliphatic rings. The van der Waals surface area contributed by atoms with Crippen LogP contribution in [0.1, 0.15) is 0 Å². The smallest absolute Gasteiger partial charge is 0.238 e. The van der Waals surface area contributed by atoms with E-state index in [4.69, 9.17) is 15.0 Å². The molecule has 0 N–H and O–H groups in total. The third kappa shape index (κ3) is 10.0. The highest BCUT2D eigenvalue weighted by Gasteiger charge is 2.44. The van der Waals surface area contributed by atoms with Crippen molar-refractivity contribution >= 4 is 130 Å². The number of para-hydroxylation sites is 2. The molecule has 0 fully saturated rings. The van der Waals surface area contributed by atoms with Crippen LogP contribution in [0.15, 0.2) is 406 Å². The van der Waals surface area contributed by atoms with E-state index < -0.39 is 24.2 Å². The lowest BCUT2D eigenvalue weighted by Crippen LogP contribution is -2.74. The molecule has 15 aromatic carbocycles. The molecule has 18 rings (SSSR count). The van der Waals surface area contributed by atoms with Gasteiger partial charge in [-0.15, -0.1) is 0 Å². The molecule has 0 atom stereocenters. The van der Waals surface area contributed by atoms with E-state index in [1.54, 1.807) is 0 Å². The maximum Gasteiger partial charge on any atom is 0.238 e. The fourth-order valence-electron chi connectivity index (χ4n) is 16.5. The molecule has 0 saturated carbocycles. The van der Waals surface area contributed by atoms with E-state index in [2.05, 4.69) is 416 Å². The Morgan fingerprint density at radius 2 is 0.485 bits per heavy atom. The van der Waals surface area contributed by atoms with Crippen LogP contribution in [0.3, 0.4) is 0 Å². The summed E-state index contributed by atoms with van der Waals surface area (Å²) in [5, 5.41) is 20.0. The molecule has 0 spiro atoms.